The number of methoxy groups -OCH3 is 2. The van der Waals surface area contributed by atoms with Crippen LogP contribution in [-0.2, 0) is 16.0 Å². The van der Waals surface area contributed by atoms with Crippen LogP contribution in [0.4, 0.5) is 0 Å². The molecule has 6 rings (SSSR count). The number of unbranched alkanes of at least 4 members (excludes halogenated alkanes) is 1. The molecule has 4 aliphatic rings. The predicted molar refractivity (Wildman–Crippen MR) is 165 cm³/mol. The smallest absolute Gasteiger partial charge is 0.266 e. The Labute approximate surface area is 251 Å². The number of thioether (sulfide) groups is 1. The Kier molecular flexibility index (Phi) is 8.56. The number of fused-ring (bicyclic) bond motifs is 2. The van der Waals surface area contributed by atoms with Crippen LogP contribution in [0.25, 0.3) is 17.4 Å². The van der Waals surface area contributed by atoms with Gasteiger partial charge in [-0.25, -0.2) is 0 Å². The second kappa shape index (κ2) is 12.3. The number of furan rings is 1. The largest absolute Gasteiger partial charge is 0.497 e. The average molecular weight is 595 g/mol. The van der Waals surface area contributed by atoms with Crippen molar-refractivity contribution in [3.05, 3.63) is 40.5 Å². The number of nitrogens with one attached hydrogen (secondary N) is 1. The van der Waals surface area contributed by atoms with E-state index in [1.807, 2.05) is 35.2 Å². The Morgan fingerprint density at radius 3 is 2.59 bits per heavy atom. The first kappa shape index (κ1) is 28.5. The summed E-state index contributed by atoms with van der Waals surface area (Å²) in [5.74, 6) is 4.29. The van der Waals surface area contributed by atoms with Gasteiger partial charge in [0.05, 0.1) is 25.2 Å². The van der Waals surface area contributed by atoms with Crippen molar-refractivity contribution in [3.63, 3.8) is 0 Å². The zero-order valence-electron chi connectivity index (χ0n) is 23.8. The molecule has 7 nitrogen and oxygen atoms in total. The van der Waals surface area contributed by atoms with Gasteiger partial charge in [-0.2, -0.15) is 0 Å². The van der Waals surface area contributed by atoms with Crippen molar-refractivity contribution in [2.24, 2.45) is 11.8 Å². The average Bonchev–Trinajstić information content (AvgIpc) is 3.82. The molecule has 2 saturated carbocycles. The fourth-order valence-corrected chi connectivity index (χ4v) is 8.36. The summed E-state index contributed by atoms with van der Waals surface area (Å²) in [6.45, 7) is 0.931. The van der Waals surface area contributed by atoms with E-state index in [1.54, 1.807) is 14.2 Å². The first-order valence-electron chi connectivity index (χ1n) is 14.8. The van der Waals surface area contributed by atoms with Gasteiger partial charge in [0, 0.05) is 30.2 Å². The molecular weight excluding hydrogens is 556 g/mol. The quantitative estimate of drug-likeness (QED) is 0.182. The molecule has 3 heterocycles. The maximum atomic E-state index is 13.6. The number of aryl methyl sites for hydroxylation is 1. The predicted octanol–water partition coefficient (Wildman–Crippen LogP) is 6.39. The third kappa shape index (κ3) is 5.99. The van der Waals surface area contributed by atoms with Gasteiger partial charge < -0.3 is 19.2 Å². The fraction of sp³-hybridized carbons (Fsp3) is 0.531. The van der Waals surface area contributed by atoms with Crippen LogP contribution < -0.4 is 14.8 Å². The van der Waals surface area contributed by atoms with Crippen LogP contribution in [-0.4, -0.2) is 53.8 Å². The number of nitrogens with zero attached hydrogens (tertiary/aromatic N) is 1. The molecule has 2 aliphatic carbocycles. The summed E-state index contributed by atoms with van der Waals surface area (Å²) in [7, 11) is 3.25. The van der Waals surface area contributed by atoms with Gasteiger partial charge >= 0.3 is 0 Å². The van der Waals surface area contributed by atoms with Crippen molar-refractivity contribution in [1.82, 2.24) is 10.2 Å². The summed E-state index contributed by atoms with van der Waals surface area (Å²) >= 11 is 7.10. The molecule has 1 aromatic carbocycles. The number of hydrogen-bond donors (Lipinski definition) is 1. The molecule has 4 atom stereocenters. The van der Waals surface area contributed by atoms with E-state index in [0.29, 0.717) is 50.4 Å². The Morgan fingerprint density at radius 2 is 1.93 bits per heavy atom. The molecule has 2 aliphatic heterocycles. The van der Waals surface area contributed by atoms with Crippen LogP contribution in [0.5, 0.6) is 11.5 Å². The number of carbonyl (C=O) groups is 2. The molecule has 9 heteroatoms. The number of thiocarbonyl (C=S) groups is 1. The van der Waals surface area contributed by atoms with Crippen LogP contribution >= 0.6 is 24.0 Å². The zero-order valence-corrected chi connectivity index (χ0v) is 25.4. The maximum Gasteiger partial charge on any atom is 0.266 e. The van der Waals surface area contributed by atoms with Crippen molar-refractivity contribution in [2.75, 3.05) is 20.8 Å². The van der Waals surface area contributed by atoms with Crippen LogP contribution in [0, 0.1) is 11.8 Å². The molecular formula is C32H38N2O5S2. The number of ether oxygens (including phenoxy) is 2. The number of benzene rings is 1. The summed E-state index contributed by atoms with van der Waals surface area (Å²) in [5.41, 5.74) is 1.84. The van der Waals surface area contributed by atoms with Crippen LogP contribution in [0.2, 0.25) is 0 Å². The highest BCUT2D eigenvalue weighted by molar-refractivity contribution is 8.26. The first-order chi connectivity index (χ1) is 19.9. The lowest BCUT2D eigenvalue weighted by molar-refractivity contribution is -0.124. The highest BCUT2D eigenvalue weighted by atomic mass is 32.2. The summed E-state index contributed by atoms with van der Waals surface area (Å²) in [4.78, 5) is 28.7. The topological polar surface area (TPSA) is 81.0 Å². The van der Waals surface area contributed by atoms with Gasteiger partial charge in [-0.3, -0.25) is 14.5 Å². The third-order valence-corrected chi connectivity index (χ3v) is 10.5. The van der Waals surface area contributed by atoms with E-state index in [1.165, 1.54) is 31.0 Å². The molecule has 1 aromatic heterocycles. The van der Waals surface area contributed by atoms with Crippen LogP contribution in [0.1, 0.15) is 69.1 Å². The number of amides is 1. The Hall–Kier alpha value is -2.62. The molecule has 3 unspecified atom stereocenters. The highest BCUT2D eigenvalue weighted by Crippen LogP contribution is 2.49. The molecule has 0 spiro atoms. The molecule has 2 bridgehead atoms. The molecule has 0 radical (unpaired) electrons. The first-order valence-corrected chi connectivity index (χ1v) is 16.0. The lowest BCUT2D eigenvalue weighted by Crippen LogP contribution is -2.41. The van der Waals surface area contributed by atoms with E-state index >= 15 is 0 Å². The SMILES string of the molecule is COc1cc(OC)cc(-c2cc(CCCCC(=O)[C@@H]3CCCN3)c(/C=C3\SC(=S)N(C4CC5CCC4C5)C3=O)o2)c1. The van der Waals surface area contributed by atoms with E-state index in [2.05, 4.69) is 5.32 Å². The van der Waals surface area contributed by atoms with Crippen molar-refractivity contribution >= 4 is 46.1 Å². The van der Waals surface area contributed by atoms with Crippen molar-refractivity contribution in [3.8, 4) is 22.8 Å². The van der Waals surface area contributed by atoms with Crippen LogP contribution in [0.15, 0.2) is 33.6 Å². The van der Waals surface area contributed by atoms with Crippen LogP contribution in [0.3, 0.4) is 0 Å². The number of hydrogen-bond acceptors (Lipinski definition) is 8. The number of Topliss-reactive ketones (excluding diaryl/α,β-unsaturated/α-hetero) is 1. The van der Waals surface area contributed by atoms with Crippen molar-refractivity contribution < 1.29 is 23.5 Å². The molecule has 218 valence electrons. The van der Waals surface area contributed by atoms with Crippen molar-refractivity contribution in [2.45, 2.75) is 76.3 Å². The number of ketones is 1. The maximum absolute atomic E-state index is 13.6. The standard InChI is InChI=1S/C32H38N2O5S2/c1-37-23-14-22(15-24(17-23)38-2)28-16-21(6-3-4-8-27(35)25-7-5-11-33-25)29(39-28)18-30-31(36)34(32(40)41-30)26-13-19-9-10-20(26)12-19/h14-20,25-26,33H,3-13H2,1-2H3/b30-18-/t19?,20?,25-,26?/m0/s1. The summed E-state index contributed by atoms with van der Waals surface area (Å²) < 4.78 is 18.0. The third-order valence-electron chi connectivity index (χ3n) is 9.16. The summed E-state index contributed by atoms with van der Waals surface area (Å²) in [6.07, 6.45) is 11.6. The minimum absolute atomic E-state index is 0.000778. The van der Waals surface area contributed by atoms with E-state index in [9.17, 15) is 9.59 Å². The number of carbonyl (C=O) groups excluding carboxylic acids is 2. The van der Waals surface area contributed by atoms with E-state index in [-0.39, 0.29) is 18.0 Å². The molecule has 1 amide bonds. The monoisotopic (exact) mass is 594 g/mol. The minimum Gasteiger partial charge on any atom is -0.497 e. The van der Waals surface area contributed by atoms with Gasteiger partial charge in [0.25, 0.3) is 5.91 Å². The van der Waals surface area contributed by atoms with E-state index in [0.717, 1.165) is 62.1 Å². The second-order valence-corrected chi connectivity index (χ2v) is 13.4. The molecule has 1 N–H and O–H groups in total. The fourth-order valence-electron chi connectivity index (χ4n) is 7.01. The summed E-state index contributed by atoms with van der Waals surface area (Å²) in [6, 6.07) is 7.94. The molecule has 4 fully saturated rings. The molecule has 41 heavy (non-hydrogen) atoms. The van der Waals surface area contributed by atoms with E-state index < -0.39 is 0 Å². The lowest BCUT2D eigenvalue weighted by Gasteiger charge is -2.30. The van der Waals surface area contributed by atoms with Gasteiger partial charge in [-0.1, -0.05) is 30.4 Å². The van der Waals surface area contributed by atoms with Gasteiger partial charge in [-0.05, 0) is 93.5 Å². The van der Waals surface area contributed by atoms with Gasteiger partial charge in [0.2, 0.25) is 0 Å². The second-order valence-electron chi connectivity index (χ2n) is 11.7. The Balaban J connectivity index is 1.24. The minimum atomic E-state index is -0.000778. The Bertz CT molecular complexity index is 1340. The van der Waals surface area contributed by atoms with Crippen molar-refractivity contribution in [1.29, 1.82) is 0 Å². The van der Waals surface area contributed by atoms with Gasteiger partial charge in [0.1, 0.15) is 33.1 Å². The van der Waals surface area contributed by atoms with Gasteiger partial charge in [-0.15, -0.1) is 0 Å². The van der Waals surface area contributed by atoms with E-state index in [4.69, 9.17) is 26.1 Å². The normalized spacial score (nSPS) is 26.5. The molecule has 2 saturated heterocycles. The van der Waals surface area contributed by atoms with Gasteiger partial charge in [0.15, 0.2) is 0 Å². The Morgan fingerprint density at radius 1 is 1.12 bits per heavy atom. The number of rotatable bonds is 11. The molecule has 2 aromatic rings. The zero-order chi connectivity index (χ0) is 28.5. The summed E-state index contributed by atoms with van der Waals surface area (Å²) in [5, 5.41) is 3.30. The highest BCUT2D eigenvalue weighted by Gasteiger charge is 2.48. The lowest BCUT2D eigenvalue weighted by atomic mass is 9.94.